The highest BCUT2D eigenvalue weighted by Crippen LogP contribution is 2.28. The van der Waals surface area contributed by atoms with Crippen LogP contribution in [0.25, 0.3) is 0 Å². The molecule has 0 aliphatic carbocycles. The summed E-state index contributed by atoms with van der Waals surface area (Å²) in [5, 5.41) is 7.51. The first kappa shape index (κ1) is 22.8. The fourth-order valence-electron chi connectivity index (χ4n) is 3.10. The zero-order valence-electron chi connectivity index (χ0n) is 17.1. The Bertz CT molecular complexity index is 946. The molecule has 0 aromatic carbocycles. The van der Waals surface area contributed by atoms with Gasteiger partial charge in [-0.15, -0.1) is 10.2 Å². The smallest absolute Gasteiger partial charge is 0.240 e. The van der Waals surface area contributed by atoms with E-state index in [4.69, 9.17) is 25.8 Å². The highest BCUT2D eigenvalue weighted by Gasteiger charge is 2.35. The molecule has 1 fully saturated rings. The van der Waals surface area contributed by atoms with Crippen molar-refractivity contribution in [2.45, 2.75) is 44.3 Å². The Hall–Kier alpha value is -1.86. The minimum absolute atomic E-state index is 0.0906. The van der Waals surface area contributed by atoms with Crippen molar-refractivity contribution < 1.29 is 22.6 Å². The minimum atomic E-state index is -3.94. The lowest BCUT2D eigenvalue weighted by molar-refractivity contribution is -0.0950. The van der Waals surface area contributed by atoms with Crippen molar-refractivity contribution in [2.75, 3.05) is 31.7 Å². The van der Waals surface area contributed by atoms with Gasteiger partial charge >= 0.3 is 0 Å². The summed E-state index contributed by atoms with van der Waals surface area (Å²) in [7, 11) is -2.55. The van der Waals surface area contributed by atoms with Gasteiger partial charge in [-0.25, -0.2) is 18.4 Å². The van der Waals surface area contributed by atoms with Gasteiger partial charge in [-0.3, -0.25) is 9.29 Å². The van der Waals surface area contributed by atoms with E-state index in [1.54, 1.807) is 4.57 Å². The third-order valence-electron chi connectivity index (χ3n) is 4.64. The van der Waals surface area contributed by atoms with Gasteiger partial charge in [0.25, 0.3) is 0 Å². The Labute approximate surface area is 180 Å². The number of sulfonamides is 1. The van der Waals surface area contributed by atoms with Gasteiger partial charge in [0.15, 0.2) is 11.6 Å². The van der Waals surface area contributed by atoms with E-state index in [0.717, 1.165) is 0 Å². The molecule has 13 heteroatoms. The molecule has 0 bridgehead atoms. The predicted molar refractivity (Wildman–Crippen MR) is 109 cm³/mol. The molecule has 166 valence electrons. The van der Waals surface area contributed by atoms with Crippen molar-refractivity contribution in [1.29, 1.82) is 0 Å². The fraction of sp³-hybridized carbons (Fsp3) is 0.647. The summed E-state index contributed by atoms with van der Waals surface area (Å²) >= 11 is 5.82. The van der Waals surface area contributed by atoms with Crippen LogP contribution in [-0.2, 0) is 24.2 Å². The van der Waals surface area contributed by atoms with Gasteiger partial charge in [-0.2, -0.15) is 0 Å². The van der Waals surface area contributed by atoms with Crippen molar-refractivity contribution in [3.63, 3.8) is 0 Å². The lowest BCUT2D eigenvalue weighted by Crippen LogP contribution is -2.34. The van der Waals surface area contributed by atoms with Gasteiger partial charge in [0.1, 0.15) is 17.5 Å². The molecule has 0 spiro atoms. The highest BCUT2D eigenvalue weighted by molar-refractivity contribution is 7.93. The van der Waals surface area contributed by atoms with Crippen LogP contribution < -0.4 is 4.72 Å². The Morgan fingerprint density at radius 2 is 1.93 bits per heavy atom. The van der Waals surface area contributed by atoms with Gasteiger partial charge in [0, 0.05) is 25.5 Å². The van der Waals surface area contributed by atoms with Crippen molar-refractivity contribution in [3.05, 3.63) is 29.1 Å². The molecule has 3 atom stereocenters. The number of anilines is 1. The van der Waals surface area contributed by atoms with E-state index < -0.39 is 27.5 Å². The van der Waals surface area contributed by atoms with Crippen molar-refractivity contribution >= 4 is 27.6 Å². The van der Waals surface area contributed by atoms with Crippen LogP contribution in [0.3, 0.4) is 0 Å². The lowest BCUT2D eigenvalue weighted by atomic mass is 10.2. The second kappa shape index (κ2) is 9.52. The average Bonchev–Trinajstić information content (AvgIpc) is 3.13. The summed E-state index contributed by atoms with van der Waals surface area (Å²) in [5.74, 6) is 0.797. The van der Waals surface area contributed by atoms with E-state index in [9.17, 15) is 8.42 Å². The van der Waals surface area contributed by atoms with Crippen molar-refractivity contribution in [3.8, 4) is 0 Å². The first-order valence-electron chi connectivity index (χ1n) is 9.40. The zero-order chi connectivity index (χ0) is 21.9. The van der Waals surface area contributed by atoms with Gasteiger partial charge in [-0.1, -0.05) is 11.6 Å². The molecule has 2 aromatic heterocycles. The number of hydrogen-bond donors (Lipinski definition) is 1. The maximum absolute atomic E-state index is 13.1. The first-order valence-corrected chi connectivity index (χ1v) is 11.3. The molecular weight excluding hydrogens is 436 g/mol. The van der Waals surface area contributed by atoms with E-state index in [2.05, 4.69) is 24.9 Å². The predicted octanol–water partition coefficient (Wildman–Crippen LogP) is 1.91. The molecule has 3 heterocycles. The largest absolute Gasteiger partial charge is 0.376 e. The quantitative estimate of drug-likeness (QED) is 0.627. The topological polar surface area (TPSA) is 130 Å². The molecule has 2 aromatic rings. The zero-order valence-corrected chi connectivity index (χ0v) is 18.7. The standard InChI is InChI=1S/C17H25ClN6O5S/c1-10(2)24-16(13-9-28-5-6-29-13)21-22-17(24)23-30(25,26)11(3)14(27-4)15-19-7-12(18)8-20-15/h7-8,10-11,13-14H,5-6,9H2,1-4H3,(H,22,23)/t11-,13-,14-/m0/s1. The van der Waals surface area contributed by atoms with E-state index in [0.29, 0.717) is 30.7 Å². The minimum Gasteiger partial charge on any atom is -0.376 e. The fourth-order valence-corrected chi connectivity index (χ4v) is 4.33. The Morgan fingerprint density at radius 1 is 1.23 bits per heavy atom. The van der Waals surface area contributed by atoms with Gasteiger partial charge in [0.05, 0.1) is 24.8 Å². The summed E-state index contributed by atoms with van der Waals surface area (Å²) in [6, 6.07) is -0.119. The molecule has 11 nitrogen and oxygen atoms in total. The highest BCUT2D eigenvalue weighted by atomic mass is 35.5. The van der Waals surface area contributed by atoms with E-state index in [-0.39, 0.29) is 17.8 Å². The van der Waals surface area contributed by atoms with E-state index in [1.165, 1.54) is 26.4 Å². The molecule has 0 amide bonds. The molecule has 0 unspecified atom stereocenters. The second-order valence-electron chi connectivity index (χ2n) is 7.05. The molecule has 1 aliphatic rings. The lowest BCUT2D eigenvalue weighted by Gasteiger charge is -2.25. The molecular formula is C17H25ClN6O5S. The van der Waals surface area contributed by atoms with Gasteiger partial charge in [-0.05, 0) is 20.8 Å². The average molecular weight is 461 g/mol. The third-order valence-corrected chi connectivity index (χ3v) is 6.53. The third kappa shape index (κ3) is 4.89. The van der Waals surface area contributed by atoms with Gasteiger partial charge < -0.3 is 14.2 Å². The number of aromatic nitrogens is 5. The summed E-state index contributed by atoms with van der Waals surface area (Å²) in [4.78, 5) is 8.16. The van der Waals surface area contributed by atoms with Crippen molar-refractivity contribution in [1.82, 2.24) is 24.7 Å². The molecule has 0 radical (unpaired) electrons. The number of rotatable bonds is 8. The molecule has 1 saturated heterocycles. The molecule has 30 heavy (non-hydrogen) atoms. The van der Waals surface area contributed by atoms with Crippen LogP contribution in [0.15, 0.2) is 12.4 Å². The SMILES string of the molecule is CO[C@H](c1ncc(Cl)cn1)[C@H](C)S(=O)(=O)Nc1nnc([C@@H]2COCCO2)n1C(C)C. The Morgan fingerprint density at radius 3 is 2.50 bits per heavy atom. The summed E-state index contributed by atoms with van der Waals surface area (Å²) in [6.07, 6.45) is 1.44. The normalized spacial score (nSPS) is 19.6. The summed E-state index contributed by atoms with van der Waals surface area (Å²) < 4.78 is 46.9. The van der Waals surface area contributed by atoms with Crippen molar-refractivity contribution in [2.24, 2.45) is 0 Å². The monoisotopic (exact) mass is 460 g/mol. The van der Waals surface area contributed by atoms with Crippen LogP contribution in [0, 0.1) is 0 Å². The Kier molecular flexibility index (Phi) is 7.24. The maximum Gasteiger partial charge on any atom is 0.240 e. The molecule has 1 aliphatic heterocycles. The maximum atomic E-state index is 13.1. The number of halogens is 1. The van der Waals surface area contributed by atoms with Crippen LogP contribution in [-0.4, -0.2) is 65.3 Å². The first-order chi connectivity index (χ1) is 14.2. The number of ether oxygens (including phenoxy) is 3. The van der Waals surface area contributed by atoms with Crippen LogP contribution in [0.4, 0.5) is 5.95 Å². The molecule has 0 saturated carbocycles. The number of methoxy groups -OCH3 is 1. The van der Waals surface area contributed by atoms with E-state index >= 15 is 0 Å². The second-order valence-corrected chi connectivity index (χ2v) is 9.52. The summed E-state index contributed by atoms with van der Waals surface area (Å²) in [6.45, 7) is 6.57. The number of nitrogens with one attached hydrogen (secondary N) is 1. The number of hydrogen-bond acceptors (Lipinski definition) is 9. The molecule has 1 N–H and O–H groups in total. The Balaban J connectivity index is 1.86. The van der Waals surface area contributed by atoms with Crippen LogP contribution in [0.5, 0.6) is 0 Å². The van der Waals surface area contributed by atoms with Crippen LogP contribution in [0.1, 0.15) is 50.7 Å². The molecule has 3 rings (SSSR count). The van der Waals surface area contributed by atoms with E-state index in [1.807, 2.05) is 13.8 Å². The van der Waals surface area contributed by atoms with Gasteiger partial charge in [0.2, 0.25) is 16.0 Å². The van der Waals surface area contributed by atoms with Crippen LogP contribution in [0.2, 0.25) is 5.02 Å². The summed E-state index contributed by atoms with van der Waals surface area (Å²) in [5.41, 5.74) is 0. The number of nitrogens with zero attached hydrogens (tertiary/aromatic N) is 5. The van der Waals surface area contributed by atoms with Crippen LogP contribution >= 0.6 is 11.6 Å².